The number of benzene rings is 1. The molecule has 0 amide bonds. The molecule has 0 saturated carbocycles. The summed E-state index contributed by atoms with van der Waals surface area (Å²) in [6.45, 7) is 7.15. The second-order valence-electron chi connectivity index (χ2n) is 5.88. The van der Waals surface area contributed by atoms with Crippen LogP contribution in [-0.2, 0) is 6.54 Å². The van der Waals surface area contributed by atoms with E-state index in [1.165, 1.54) is 0 Å². The van der Waals surface area contributed by atoms with E-state index in [9.17, 15) is 8.78 Å². The number of alkyl halides is 2. The second-order valence-corrected chi connectivity index (χ2v) is 5.88. The Bertz CT molecular complexity index is 518. The van der Waals surface area contributed by atoms with Crippen molar-refractivity contribution in [2.75, 3.05) is 33.7 Å². The number of ether oxygens (including phenoxy) is 1. The van der Waals surface area contributed by atoms with E-state index in [0.717, 1.165) is 31.2 Å². The SMILES string of the molecule is CCN(CC)C(C)CNC(=NC)N(C)Cc1ccc(OC(F)F)cc1. The van der Waals surface area contributed by atoms with E-state index >= 15 is 0 Å². The lowest BCUT2D eigenvalue weighted by Gasteiger charge is -2.29. The second kappa shape index (κ2) is 10.9. The van der Waals surface area contributed by atoms with E-state index in [1.807, 2.05) is 11.9 Å². The minimum absolute atomic E-state index is 0.164. The van der Waals surface area contributed by atoms with Gasteiger partial charge in [0.05, 0.1) is 0 Å². The molecule has 1 aromatic carbocycles. The van der Waals surface area contributed by atoms with E-state index in [0.29, 0.717) is 12.6 Å². The molecule has 0 bridgehead atoms. The van der Waals surface area contributed by atoms with Crippen LogP contribution in [0.3, 0.4) is 0 Å². The van der Waals surface area contributed by atoms with Crippen LogP contribution in [0.2, 0.25) is 0 Å². The number of guanidine groups is 1. The molecular formula is C18H30F2N4O. The van der Waals surface area contributed by atoms with Gasteiger partial charge in [-0.1, -0.05) is 26.0 Å². The maximum Gasteiger partial charge on any atom is 0.387 e. The van der Waals surface area contributed by atoms with Gasteiger partial charge in [-0.15, -0.1) is 0 Å². The van der Waals surface area contributed by atoms with Gasteiger partial charge in [0, 0.05) is 33.2 Å². The number of likely N-dealkylation sites (N-methyl/N-ethyl adjacent to an activating group) is 1. The predicted molar refractivity (Wildman–Crippen MR) is 98.3 cm³/mol. The first-order valence-electron chi connectivity index (χ1n) is 8.60. The maximum absolute atomic E-state index is 12.2. The summed E-state index contributed by atoms with van der Waals surface area (Å²) in [6.07, 6.45) is 0. The average molecular weight is 356 g/mol. The molecule has 1 N–H and O–H groups in total. The summed E-state index contributed by atoms with van der Waals surface area (Å²) in [4.78, 5) is 8.69. The van der Waals surface area contributed by atoms with Crippen molar-refractivity contribution in [3.63, 3.8) is 0 Å². The van der Waals surface area contributed by atoms with Crippen molar-refractivity contribution in [2.45, 2.75) is 40.0 Å². The molecule has 0 heterocycles. The van der Waals surface area contributed by atoms with Crippen LogP contribution in [0.5, 0.6) is 5.75 Å². The maximum atomic E-state index is 12.2. The smallest absolute Gasteiger partial charge is 0.387 e. The number of halogens is 2. The van der Waals surface area contributed by atoms with Crippen molar-refractivity contribution in [3.05, 3.63) is 29.8 Å². The first kappa shape index (κ1) is 21.2. The van der Waals surface area contributed by atoms with Crippen molar-refractivity contribution >= 4 is 5.96 Å². The number of nitrogens with zero attached hydrogens (tertiary/aromatic N) is 3. The molecule has 0 radical (unpaired) electrons. The molecule has 1 aromatic rings. The van der Waals surface area contributed by atoms with Crippen LogP contribution < -0.4 is 10.1 Å². The van der Waals surface area contributed by atoms with E-state index in [1.54, 1.807) is 31.3 Å². The van der Waals surface area contributed by atoms with E-state index in [-0.39, 0.29) is 5.75 Å². The Hall–Kier alpha value is -1.89. The standard InChI is InChI=1S/C18H30F2N4O/c1-6-24(7-2)14(3)12-22-18(21-4)23(5)13-15-8-10-16(11-9-15)25-17(19)20/h8-11,14,17H,6-7,12-13H2,1-5H3,(H,21,22). The van der Waals surface area contributed by atoms with Gasteiger partial charge in [0.2, 0.25) is 0 Å². The molecule has 25 heavy (non-hydrogen) atoms. The molecule has 7 heteroatoms. The Labute approximate surface area is 149 Å². The first-order chi connectivity index (χ1) is 11.9. The fourth-order valence-corrected chi connectivity index (χ4v) is 2.72. The van der Waals surface area contributed by atoms with Crippen LogP contribution in [-0.4, -0.2) is 62.1 Å². The van der Waals surface area contributed by atoms with Crippen LogP contribution in [0, 0.1) is 0 Å². The van der Waals surface area contributed by atoms with E-state index in [4.69, 9.17) is 0 Å². The monoisotopic (exact) mass is 356 g/mol. The third-order valence-corrected chi connectivity index (χ3v) is 4.13. The lowest BCUT2D eigenvalue weighted by molar-refractivity contribution is -0.0498. The summed E-state index contributed by atoms with van der Waals surface area (Å²) in [5, 5.41) is 3.39. The van der Waals surface area contributed by atoms with Crippen molar-refractivity contribution in [1.29, 1.82) is 0 Å². The first-order valence-corrected chi connectivity index (χ1v) is 8.60. The normalized spacial score (nSPS) is 13.2. The summed E-state index contributed by atoms with van der Waals surface area (Å²) < 4.78 is 28.7. The van der Waals surface area contributed by atoms with Gasteiger partial charge in [-0.2, -0.15) is 8.78 Å². The third kappa shape index (κ3) is 7.25. The molecule has 0 aliphatic rings. The molecule has 1 rings (SSSR count). The molecule has 1 atom stereocenters. The topological polar surface area (TPSA) is 40.1 Å². The van der Waals surface area contributed by atoms with Crippen LogP contribution in [0.15, 0.2) is 29.3 Å². The lowest BCUT2D eigenvalue weighted by atomic mass is 10.2. The molecule has 0 saturated heterocycles. The summed E-state index contributed by atoms with van der Waals surface area (Å²) in [6, 6.07) is 7.06. The van der Waals surface area contributed by atoms with Crippen LogP contribution in [0.4, 0.5) is 8.78 Å². The Kier molecular flexibility index (Phi) is 9.20. The third-order valence-electron chi connectivity index (χ3n) is 4.13. The molecule has 0 aliphatic carbocycles. The van der Waals surface area contributed by atoms with Gasteiger partial charge in [0.15, 0.2) is 5.96 Å². The highest BCUT2D eigenvalue weighted by molar-refractivity contribution is 5.79. The van der Waals surface area contributed by atoms with Gasteiger partial charge in [-0.3, -0.25) is 9.89 Å². The molecule has 0 spiro atoms. The van der Waals surface area contributed by atoms with Gasteiger partial charge in [-0.25, -0.2) is 0 Å². The summed E-state index contributed by atoms with van der Waals surface area (Å²) in [5.41, 5.74) is 0.990. The fourth-order valence-electron chi connectivity index (χ4n) is 2.72. The highest BCUT2D eigenvalue weighted by Gasteiger charge is 2.13. The Balaban J connectivity index is 2.57. The van der Waals surface area contributed by atoms with E-state index in [2.05, 4.69) is 40.7 Å². The van der Waals surface area contributed by atoms with Gasteiger partial charge in [0.1, 0.15) is 5.75 Å². The number of aliphatic imine (C=N–C) groups is 1. The largest absolute Gasteiger partial charge is 0.435 e. The van der Waals surface area contributed by atoms with Gasteiger partial charge in [0.25, 0.3) is 0 Å². The van der Waals surface area contributed by atoms with Crippen LogP contribution in [0.25, 0.3) is 0 Å². The van der Waals surface area contributed by atoms with Crippen molar-refractivity contribution in [2.24, 2.45) is 4.99 Å². The molecule has 0 fully saturated rings. The average Bonchev–Trinajstić information content (AvgIpc) is 2.58. The van der Waals surface area contributed by atoms with E-state index < -0.39 is 6.61 Å². The number of hydrogen-bond donors (Lipinski definition) is 1. The highest BCUT2D eigenvalue weighted by Crippen LogP contribution is 2.15. The van der Waals surface area contributed by atoms with Crippen LogP contribution >= 0.6 is 0 Å². The quantitative estimate of drug-likeness (QED) is 0.545. The molecule has 5 nitrogen and oxygen atoms in total. The molecule has 142 valence electrons. The zero-order chi connectivity index (χ0) is 18.8. The van der Waals surface area contributed by atoms with Crippen molar-refractivity contribution in [1.82, 2.24) is 15.1 Å². The molecule has 0 aromatic heterocycles. The zero-order valence-corrected chi connectivity index (χ0v) is 15.8. The molecule has 1 unspecified atom stereocenters. The fraction of sp³-hybridized carbons (Fsp3) is 0.611. The Morgan fingerprint density at radius 1 is 1.20 bits per heavy atom. The summed E-state index contributed by atoms with van der Waals surface area (Å²) >= 11 is 0. The van der Waals surface area contributed by atoms with Gasteiger partial charge < -0.3 is 15.0 Å². The minimum Gasteiger partial charge on any atom is -0.435 e. The number of rotatable bonds is 9. The lowest BCUT2D eigenvalue weighted by Crippen LogP contribution is -2.46. The molecular weight excluding hydrogens is 326 g/mol. The number of nitrogens with one attached hydrogen (secondary N) is 1. The molecule has 0 aliphatic heterocycles. The van der Waals surface area contributed by atoms with Gasteiger partial charge >= 0.3 is 6.61 Å². The Morgan fingerprint density at radius 2 is 1.80 bits per heavy atom. The minimum atomic E-state index is -2.80. The van der Waals surface area contributed by atoms with Crippen molar-refractivity contribution in [3.8, 4) is 5.75 Å². The number of hydrogen-bond acceptors (Lipinski definition) is 3. The highest BCUT2D eigenvalue weighted by atomic mass is 19.3. The van der Waals surface area contributed by atoms with Gasteiger partial charge in [-0.05, 0) is 37.7 Å². The zero-order valence-electron chi connectivity index (χ0n) is 15.8. The van der Waals surface area contributed by atoms with Crippen LogP contribution in [0.1, 0.15) is 26.3 Å². The summed E-state index contributed by atoms with van der Waals surface area (Å²) in [7, 11) is 3.70. The predicted octanol–water partition coefficient (Wildman–Crippen LogP) is 3.03. The van der Waals surface area contributed by atoms with Crippen molar-refractivity contribution < 1.29 is 13.5 Å². The Morgan fingerprint density at radius 3 is 2.28 bits per heavy atom. The summed E-state index contributed by atoms with van der Waals surface area (Å²) in [5.74, 6) is 0.962.